The second kappa shape index (κ2) is 6.76. The van der Waals surface area contributed by atoms with Crippen molar-refractivity contribution in [2.24, 2.45) is 0 Å². The Kier molecular flexibility index (Phi) is 4.55. The molecule has 0 aliphatic carbocycles. The van der Waals surface area contributed by atoms with E-state index in [1.165, 1.54) is 27.8 Å². The first-order chi connectivity index (χ1) is 10.8. The maximum absolute atomic E-state index is 3.92. The molecule has 0 saturated carbocycles. The van der Waals surface area contributed by atoms with E-state index in [0.717, 1.165) is 10.9 Å². The highest BCUT2D eigenvalue weighted by atomic mass is 79.9. The predicted molar refractivity (Wildman–Crippen MR) is 98.9 cm³/mol. The van der Waals surface area contributed by atoms with Crippen molar-refractivity contribution >= 4 is 22.0 Å². The highest BCUT2D eigenvalue weighted by Crippen LogP contribution is 2.24. The lowest BCUT2D eigenvalue weighted by Gasteiger charge is -2.09. The Morgan fingerprint density at radius 1 is 0.818 bits per heavy atom. The van der Waals surface area contributed by atoms with Crippen molar-refractivity contribution in [1.29, 1.82) is 0 Å². The van der Waals surface area contributed by atoms with Gasteiger partial charge in [-0.05, 0) is 46.4 Å². The van der Waals surface area contributed by atoms with Crippen LogP contribution in [0.2, 0.25) is 0 Å². The number of halogens is 1. The van der Waals surface area contributed by atoms with Gasteiger partial charge in [-0.25, -0.2) is 0 Å². The average molecular weight is 349 g/mol. The van der Waals surface area contributed by atoms with Gasteiger partial charge in [0.2, 0.25) is 0 Å². The Hall–Kier alpha value is -2.12. The van der Waals surface area contributed by atoms with Crippen molar-refractivity contribution in [3.63, 3.8) is 0 Å². The quantitative estimate of drug-likeness (QED) is 0.515. The molecule has 22 heavy (non-hydrogen) atoms. The van der Waals surface area contributed by atoms with Crippen LogP contribution < -0.4 is 0 Å². The normalized spacial score (nSPS) is 10.4. The fourth-order valence-corrected chi connectivity index (χ4v) is 3.01. The van der Waals surface area contributed by atoms with Crippen LogP contribution in [-0.4, -0.2) is 0 Å². The van der Waals surface area contributed by atoms with E-state index < -0.39 is 0 Å². The lowest BCUT2D eigenvalue weighted by Crippen LogP contribution is -1.92. The summed E-state index contributed by atoms with van der Waals surface area (Å²) in [5.41, 5.74) is 6.30. The molecule has 0 radical (unpaired) electrons. The summed E-state index contributed by atoms with van der Waals surface area (Å²) in [5, 5.41) is 0. The topological polar surface area (TPSA) is 0 Å². The van der Waals surface area contributed by atoms with Crippen LogP contribution in [-0.2, 0) is 6.42 Å². The van der Waals surface area contributed by atoms with Crippen molar-refractivity contribution in [3.05, 3.63) is 101 Å². The molecule has 0 saturated heterocycles. The number of rotatable bonds is 4. The van der Waals surface area contributed by atoms with Crippen LogP contribution in [0.5, 0.6) is 0 Å². The van der Waals surface area contributed by atoms with E-state index in [0.29, 0.717) is 0 Å². The van der Waals surface area contributed by atoms with Gasteiger partial charge in [0, 0.05) is 4.47 Å². The minimum Gasteiger partial charge on any atom is -0.0985 e. The molecule has 0 heterocycles. The highest BCUT2D eigenvalue weighted by Gasteiger charge is 2.04. The first-order valence-electron chi connectivity index (χ1n) is 7.31. The third-order valence-electron chi connectivity index (χ3n) is 3.76. The molecule has 0 spiro atoms. The van der Waals surface area contributed by atoms with Crippen molar-refractivity contribution < 1.29 is 0 Å². The lowest BCUT2D eigenvalue weighted by atomic mass is 9.97. The van der Waals surface area contributed by atoms with Crippen LogP contribution >= 0.6 is 15.9 Å². The second-order valence-corrected chi connectivity index (χ2v) is 6.21. The van der Waals surface area contributed by atoms with Crippen LogP contribution in [0.15, 0.2) is 83.8 Å². The van der Waals surface area contributed by atoms with Crippen molar-refractivity contribution in [2.45, 2.75) is 6.42 Å². The van der Waals surface area contributed by atoms with Gasteiger partial charge in [-0.3, -0.25) is 0 Å². The van der Waals surface area contributed by atoms with Crippen LogP contribution in [0.25, 0.3) is 17.2 Å². The molecular formula is C21H17Br. The SMILES string of the molecule is C=Cc1cc(Br)ccc1Cc1cccc(-c2ccccc2)c1. The summed E-state index contributed by atoms with van der Waals surface area (Å²) < 4.78 is 1.09. The summed E-state index contributed by atoms with van der Waals surface area (Å²) in [7, 11) is 0. The third kappa shape index (κ3) is 3.37. The number of benzene rings is 3. The second-order valence-electron chi connectivity index (χ2n) is 5.29. The highest BCUT2D eigenvalue weighted by molar-refractivity contribution is 9.10. The summed E-state index contributed by atoms with van der Waals surface area (Å²) in [6, 6.07) is 25.6. The molecule has 3 aromatic rings. The van der Waals surface area contributed by atoms with Gasteiger partial charge in [-0.2, -0.15) is 0 Å². The predicted octanol–water partition coefficient (Wildman–Crippen LogP) is 6.35. The van der Waals surface area contributed by atoms with Gasteiger partial charge in [0.25, 0.3) is 0 Å². The van der Waals surface area contributed by atoms with Gasteiger partial charge in [0.15, 0.2) is 0 Å². The maximum Gasteiger partial charge on any atom is 0.0181 e. The molecule has 1 heteroatoms. The first-order valence-corrected chi connectivity index (χ1v) is 8.11. The summed E-state index contributed by atoms with van der Waals surface area (Å²) in [5.74, 6) is 0. The molecule has 0 aromatic heterocycles. The number of hydrogen-bond acceptors (Lipinski definition) is 0. The smallest absolute Gasteiger partial charge is 0.0181 e. The molecule has 0 unspecified atom stereocenters. The zero-order chi connectivity index (χ0) is 15.4. The molecule has 0 nitrogen and oxygen atoms in total. The van der Waals surface area contributed by atoms with Gasteiger partial charge in [-0.1, -0.05) is 89.2 Å². The van der Waals surface area contributed by atoms with Crippen molar-refractivity contribution in [1.82, 2.24) is 0 Å². The van der Waals surface area contributed by atoms with E-state index in [9.17, 15) is 0 Å². The van der Waals surface area contributed by atoms with Crippen LogP contribution in [0.4, 0.5) is 0 Å². The summed E-state index contributed by atoms with van der Waals surface area (Å²) >= 11 is 3.52. The molecule has 0 aliphatic rings. The molecule has 0 N–H and O–H groups in total. The van der Waals surface area contributed by atoms with Crippen molar-refractivity contribution in [2.75, 3.05) is 0 Å². The molecule has 3 aromatic carbocycles. The Bertz CT molecular complexity index is 788. The minimum absolute atomic E-state index is 0.912. The van der Waals surface area contributed by atoms with E-state index >= 15 is 0 Å². The van der Waals surface area contributed by atoms with Gasteiger partial charge >= 0.3 is 0 Å². The van der Waals surface area contributed by atoms with Crippen LogP contribution in [0.3, 0.4) is 0 Å². The minimum atomic E-state index is 0.912. The molecule has 0 amide bonds. The van der Waals surface area contributed by atoms with Crippen molar-refractivity contribution in [3.8, 4) is 11.1 Å². The van der Waals surface area contributed by atoms with Gasteiger partial charge < -0.3 is 0 Å². The Labute approximate surface area is 140 Å². The van der Waals surface area contributed by atoms with E-state index in [1.54, 1.807) is 0 Å². The summed E-state index contributed by atoms with van der Waals surface area (Å²) in [6.07, 6.45) is 2.83. The van der Waals surface area contributed by atoms with E-state index in [-0.39, 0.29) is 0 Å². The van der Waals surface area contributed by atoms with Crippen LogP contribution in [0.1, 0.15) is 16.7 Å². The molecule has 0 fully saturated rings. The molecule has 3 rings (SSSR count). The standard InChI is InChI=1S/C21H17Br/c1-2-17-15-21(22)12-11-20(17)14-16-7-6-10-19(13-16)18-8-4-3-5-9-18/h2-13,15H,1,14H2. The Balaban J connectivity index is 1.92. The zero-order valence-electron chi connectivity index (χ0n) is 12.3. The monoisotopic (exact) mass is 348 g/mol. The van der Waals surface area contributed by atoms with E-state index in [1.807, 2.05) is 12.1 Å². The molecule has 108 valence electrons. The van der Waals surface area contributed by atoms with E-state index in [4.69, 9.17) is 0 Å². The van der Waals surface area contributed by atoms with Gasteiger partial charge in [-0.15, -0.1) is 0 Å². The summed E-state index contributed by atoms with van der Waals surface area (Å²) in [4.78, 5) is 0. The summed E-state index contributed by atoms with van der Waals surface area (Å²) in [6.45, 7) is 3.92. The largest absolute Gasteiger partial charge is 0.0985 e. The molecule has 0 bridgehead atoms. The number of hydrogen-bond donors (Lipinski definition) is 0. The average Bonchev–Trinajstić information content (AvgIpc) is 2.57. The Morgan fingerprint density at radius 2 is 1.59 bits per heavy atom. The maximum atomic E-state index is 3.92. The lowest BCUT2D eigenvalue weighted by molar-refractivity contribution is 1.18. The molecule has 0 aliphatic heterocycles. The molecule has 0 atom stereocenters. The van der Waals surface area contributed by atoms with Gasteiger partial charge in [0.1, 0.15) is 0 Å². The zero-order valence-corrected chi connectivity index (χ0v) is 13.9. The Morgan fingerprint density at radius 3 is 2.36 bits per heavy atom. The molecular weight excluding hydrogens is 332 g/mol. The van der Waals surface area contributed by atoms with Crippen LogP contribution in [0, 0.1) is 0 Å². The first kappa shape index (κ1) is 14.8. The van der Waals surface area contributed by atoms with E-state index in [2.05, 4.69) is 89.2 Å². The fraction of sp³-hybridized carbons (Fsp3) is 0.0476. The third-order valence-corrected chi connectivity index (χ3v) is 4.25. The van der Waals surface area contributed by atoms with Gasteiger partial charge in [0.05, 0.1) is 0 Å². The fourth-order valence-electron chi connectivity index (χ4n) is 2.63.